The lowest BCUT2D eigenvalue weighted by molar-refractivity contribution is 0.0697. The molecule has 142 valence electrons. The van der Waals surface area contributed by atoms with E-state index >= 15 is 0 Å². The number of nitrogens with zero attached hydrogens (tertiary/aromatic N) is 2. The van der Waals surface area contributed by atoms with Crippen LogP contribution < -0.4 is 0 Å². The third kappa shape index (κ3) is 4.09. The summed E-state index contributed by atoms with van der Waals surface area (Å²) in [5.74, 6) is -0.272. The minimum atomic E-state index is -3.69. The van der Waals surface area contributed by atoms with E-state index in [4.69, 9.17) is 0 Å². The minimum Gasteiger partial charge on any atom is -0.336 e. The summed E-state index contributed by atoms with van der Waals surface area (Å²) >= 11 is 0. The molecule has 1 fully saturated rings. The molecule has 7 heteroatoms. The molecule has 1 aliphatic heterocycles. The van der Waals surface area contributed by atoms with Crippen LogP contribution in [0.25, 0.3) is 0 Å². The van der Waals surface area contributed by atoms with Crippen LogP contribution in [0, 0.1) is 6.92 Å². The molecule has 2 aromatic rings. The van der Waals surface area contributed by atoms with Crippen LogP contribution in [0.2, 0.25) is 0 Å². The zero-order valence-electron chi connectivity index (χ0n) is 15.4. The smallest absolute Gasteiger partial charge is 0.253 e. The van der Waals surface area contributed by atoms with Gasteiger partial charge in [0.25, 0.3) is 5.91 Å². The summed E-state index contributed by atoms with van der Waals surface area (Å²) in [4.78, 5) is 25.9. The van der Waals surface area contributed by atoms with Crippen LogP contribution in [0.5, 0.6) is 0 Å². The van der Waals surface area contributed by atoms with Gasteiger partial charge in [0.1, 0.15) is 0 Å². The Bertz CT molecular complexity index is 960. The van der Waals surface area contributed by atoms with Gasteiger partial charge >= 0.3 is 0 Å². The van der Waals surface area contributed by atoms with Gasteiger partial charge < -0.3 is 4.90 Å². The number of piperazine rings is 1. The highest BCUT2D eigenvalue weighted by molar-refractivity contribution is 7.89. The second kappa shape index (κ2) is 7.62. The van der Waals surface area contributed by atoms with E-state index in [1.165, 1.54) is 23.4 Å². The van der Waals surface area contributed by atoms with E-state index in [2.05, 4.69) is 0 Å². The third-order valence-electron chi connectivity index (χ3n) is 4.70. The molecular weight excluding hydrogens is 364 g/mol. The molecule has 0 saturated carbocycles. The molecule has 6 nitrogen and oxygen atoms in total. The average Bonchev–Trinajstić information content (AvgIpc) is 2.68. The summed E-state index contributed by atoms with van der Waals surface area (Å²) < 4.78 is 27.1. The van der Waals surface area contributed by atoms with Crippen LogP contribution in [0.15, 0.2) is 53.4 Å². The van der Waals surface area contributed by atoms with Crippen LogP contribution in [-0.4, -0.2) is 55.5 Å². The second-order valence-corrected chi connectivity index (χ2v) is 8.58. The van der Waals surface area contributed by atoms with Crippen LogP contribution in [-0.2, 0) is 10.0 Å². The van der Waals surface area contributed by atoms with Gasteiger partial charge in [-0.2, -0.15) is 4.31 Å². The molecule has 0 aromatic heterocycles. The Kier molecular flexibility index (Phi) is 5.43. The first kappa shape index (κ1) is 19.3. The van der Waals surface area contributed by atoms with Gasteiger partial charge in [-0.15, -0.1) is 0 Å². The van der Waals surface area contributed by atoms with Crippen LogP contribution in [0.4, 0.5) is 0 Å². The average molecular weight is 386 g/mol. The van der Waals surface area contributed by atoms with Crippen molar-refractivity contribution in [2.24, 2.45) is 0 Å². The van der Waals surface area contributed by atoms with Crippen molar-refractivity contribution in [3.63, 3.8) is 0 Å². The predicted octanol–water partition coefficient (Wildman–Crippen LogP) is 2.34. The van der Waals surface area contributed by atoms with Crippen molar-refractivity contribution in [2.45, 2.75) is 18.7 Å². The number of benzene rings is 2. The Hall–Kier alpha value is -2.51. The fraction of sp³-hybridized carbons (Fsp3) is 0.300. The van der Waals surface area contributed by atoms with Crippen LogP contribution in [0.1, 0.15) is 33.2 Å². The Labute approximate surface area is 159 Å². The lowest BCUT2D eigenvalue weighted by atomic mass is 10.1. The highest BCUT2D eigenvalue weighted by Gasteiger charge is 2.30. The molecule has 0 aliphatic carbocycles. The first-order valence-electron chi connectivity index (χ1n) is 8.76. The number of aryl methyl sites for hydroxylation is 1. The summed E-state index contributed by atoms with van der Waals surface area (Å²) in [5.41, 5.74) is 2.05. The summed E-state index contributed by atoms with van der Waals surface area (Å²) in [5, 5.41) is 0. The van der Waals surface area contributed by atoms with E-state index < -0.39 is 10.0 Å². The molecule has 0 N–H and O–H groups in total. The van der Waals surface area contributed by atoms with E-state index in [0.29, 0.717) is 24.2 Å². The van der Waals surface area contributed by atoms with Gasteiger partial charge in [-0.05, 0) is 38.1 Å². The van der Waals surface area contributed by atoms with Crippen molar-refractivity contribution >= 4 is 21.7 Å². The number of sulfonamides is 1. The summed E-state index contributed by atoms with van der Waals surface area (Å²) in [6.45, 7) is 4.48. The van der Waals surface area contributed by atoms with Crippen molar-refractivity contribution in [3.8, 4) is 0 Å². The zero-order chi connectivity index (χ0) is 19.6. The van der Waals surface area contributed by atoms with Gasteiger partial charge in [0.05, 0.1) is 4.90 Å². The maximum Gasteiger partial charge on any atom is 0.253 e. The van der Waals surface area contributed by atoms with Gasteiger partial charge in [0, 0.05) is 37.3 Å². The molecular formula is C20H22N2O4S. The molecule has 0 atom stereocenters. The number of amides is 1. The minimum absolute atomic E-state index is 0.0920. The van der Waals surface area contributed by atoms with Gasteiger partial charge in [-0.1, -0.05) is 29.8 Å². The molecule has 1 amide bonds. The first-order valence-corrected chi connectivity index (χ1v) is 10.2. The summed E-state index contributed by atoms with van der Waals surface area (Å²) in [6, 6.07) is 13.4. The lowest BCUT2D eigenvalue weighted by Gasteiger charge is -2.34. The third-order valence-corrected chi connectivity index (χ3v) is 6.60. The lowest BCUT2D eigenvalue weighted by Crippen LogP contribution is -2.50. The number of carbonyl (C=O) groups is 2. The largest absolute Gasteiger partial charge is 0.336 e. The van der Waals surface area contributed by atoms with Crippen LogP contribution in [0.3, 0.4) is 0 Å². The van der Waals surface area contributed by atoms with Crippen LogP contribution >= 0.6 is 0 Å². The molecule has 27 heavy (non-hydrogen) atoms. The fourth-order valence-corrected chi connectivity index (χ4v) is 4.50. The first-order chi connectivity index (χ1) is 12.8. The Balaban J connectivity index is 1.71. The number of carbonyl (C=O) groups excluding carboxylic acids is 2. The quantitative estimate of drug-likeness (QED) is 0.756. The van der Waals surface area contributed by atoms with Crippen molar-refractivity contribution < 1.29 is 18.0 Å². The van der Waals surface area contributed by atoms with E-state index in [-0.39, 0.29) is 29.7 Å². The van der Waals surface area contributed by atoms with E-state index in [0.717, 1.165) is 5.56 Å². The van der Waals surface area contributed by atoms with Gasteiger partial charge in [0.2, 0.25) is 10.0 Å². The Morgan fingerprint density at radius 3 is 2.11 bits per heavy atom. The Morgan fingerprint density at radius 1 is 0.889 bits per heavy atom. The molecule has 0 bridgehead atoms. The van der Waals surface area contributed by atoms with E-state index in [1.54, 1.807) is 29.2 Å². The highest BCUT2D eigenvalue weighted by atomic mass is 32.2. The predicted molar refractivity (Wildman–Crippen MR) is 102 cm³/mol. The summed E-state index contributed by atoms with van der Waals surface area (Å²) in [6.07, 6.45) is 0. The van der Waals surface area contributed by atoms with Crippen molar-refractivity contribution in [3.05, 3.63) is 65.2 Å². The fourth-order valence-electron chi connectivity index (χ4n) is 3.03. The molecule has 2 aromatic carbocycles. The topological polar surface area (TPSA) is 74.8 Å². The molecule has 0 radical (unpaired) electrons. The number of hydrogen-bond donors (Lipinski definition) is 0. The van der Waals surface area contributed by atoms with Gasteiger partial charge in [-0.25, -0.2) is 8.42 Å². The maximum atomic E-state index is 12.9. The number of ketones is 1. The molecule has 1 saturated heterocycles. The summed E-state index contributed by atoms with van der Waals surface area (Å²) in [7, 11) is -3.69. The SMILES string of the molecule is CC(=O)c1cccc(S(=O)(=O)N2CCN(C(=O)c3ccc(C)cc3)CC2)c1. The number of hydrogen-bond acceptors (Lipinski definition) is 4. The second-order valence-electron chi connectivity index (χ2n) is 6.65. The molecule has 0 unspecified atom stereocenters. The van der Waals surface area contributed by atoms with Crippen molar-refractivity contribution in [1.29, 1.82) is 0 Å². The highest BCUT2D eigenvalue weighted by Crippen LogP contribution is 2.20. The number of rotatable bonds is 4. The molecule has 0 spiro atoms. The van der Waals surface area contributed by atoms with Gasteiger partial charge in [0.15, 0.2) is 5.78 Å². The Morgan fingerprint density at radius 2 is 1.52 bits per heavy atom. The molecule has 3 rings (SSSR count). The van der Waals surface area contributed by atoms with Crippen molar-refractivity contribution in [2.75, 3.05) is 26.2 Å². The van der Waals surface area contributed by atoms with Crippen molar-refractivity contribution in [1.82, 2.24) is 9.21 Å². The van der Waals surface area contributed by atoms with Gasteiger partial charge in [-0.3, -0.25) is 9.59 Å². The van der Waals surface area contributed by atoms with E-state index in [1.807, 2.05) is 19.1 Å². The molecule has 1 aliphatic rings. The standard InChI is InChI=1S/C20H22N2O4S/c1-15-6-8-17(9-7-15)20(24)21-10-12-22(13-11-21)27(25,26)19-5-3-4-18(14-19)16(2)23/h3-9,14H,10-13H2,1-2H3. The maximum absolute atomic E-state index is 12.9. The van der Waals surface area contributed by atoms with E-state index in [9.17, 15) is 18.0 Å². The normalized spacial score (nSPS) is 15.6. The monoisotopic (exact) mass is 386 g/mol. The number of Topliss-reactive ketones (excluding diaryl/α,β-unsaturated/α-hetero) is 1. The zero-order valence-corrected chi connectivity index (χ0v) is 16.2. The molecule has 1 heterocycles.